The van der Waals surface area contributed by atoms with E-state index in [1.165, 1.54) is 19.3 Å². The predicted octanol–water partition coefficient (Wildman–Crippen LogP) is 3.64. The summed E-state index contributed by atoms with van der Waals surface area (Å²) in [7, 11) is 0. The van der Waals surface area contributed by atoms with Crippen molar-refractivity contribution < 1.29 is 4.79 Å². The zero-order valence-corrected chi connectivity index (χ0v) is 11.0. The van der Waals surface area contributed by atoms with Gasteiger partial charge in [0.1, 0.15) is 0 Å². The van der Waals surface area contributed by atoms with Gasteiger partial charge in [-0.15, -0.1) is 0 Å². The molecular weight excluding hydrogens is 266 g/mol. The largest absolute Gasteiger partial charge is 0.368 e. The van der Waals surface area contributed by atoms with E-state index in [2.05, 4.69) is 27.8 Å². The maximum absolute atomic E-state index is 11.0. The molecule has 0 saturated carbocycles. The third-order valence-electron chi connectivity index (χ3n) is 3.23. The minimum atomic E-state index is 0.529. The van der Waals surface area contributed by atoms with Gasteiger partial charge in [0, 0.05) is 28.3 Å². The summed E-state index contributed by atoms with van der Waals surface area (Å²) in [5.41, 5.74) is 1.86. The van der Waals surface area contributed by atoms with E-state index in [0.29, 0.717) is 6.04 Å². The predicted molar refractivity (Wildman–Crippen MR) is 70.2 cm³/mol. The third kappa shape index (κ3) is 2.29. The fourth-order valence-electron chi connectivity index (χ4n) is 2.32. The highest BCUT2D eigenvalue weighted by atomic mass is 79.9. The summed E-state index contributed by atoms with van der Waals surface area (Å²) >= 11 is 3.47. The molecule has 0 amide bonds. The quantitative estimate of drug-likeness (QED) is 0.772. The number of aldehydes is 1. The number of benzene rings is 1. The summed E-state index contributed by atoms with van der Waals surface area (Å²) < 4.78 is 1.03. The maximum atomic E-state index is 11.0. The lowest BCUT2D eigenvalue weighted by atomic mass is 10.0. The van der Waals surface area contributed by atoms with Crippen LogP contribution < -0.4 is 4.90 Å². The van der Waals surface area contributed by atoms with Crippen molar-refractivity contribution in [2.45, 2.75) is 32.2 Å². The summed E-state index contributed by atoms with van der Waals surface area (Å²) in [4.78, 5) is 13.4. The Morgan fingerprint density at radius 3 is 2.94 bits per heavy atom. The van der Waals surface area contributed by atoms with Crippen LogP contribution in [0.5, 0.6) is 0 Å². The number of hydrogen-bond acceptors (Lipinski definition) is 2. The molecule has 0 bridgehead atoms. The van der Waals surface area contributed by atoms with Gasteiger partial charge in [-0.2, -0.15) is 0 Å². The molecular formula is C13H16BrNO. The number of rotatable bonds is 2. The van der Waals surface area contributed by atoms with Crippen molar-refractivity contribution in [3.8, 4) is 0 Å². The maximum Gasteiger partial charge on any atom is 0.152 e. The Hall–Kier alpha value is -0.830. The molecule has 1 aliphatic heterocycles. The molecule has 0 radical (unpaired) electrons. The first-order valence-electron chi connectivity index (χ1n) is 5.74. The van der Waals surface area contributed by atoms with Crippen LogP contribution in [0, 0.1) is 0 Å². The van der Waals surface area contributed by atoms with Crippen molar-refractivity contribution >= 4 is 27.9 Å². The average Bonchev–Trinajstić information content (AvgIpc) is 2.29. The van der Waals surface area contributed by atoms with Gasteiger partial charge in [0.05, 0.1) is 0 Å². The standard InChI is InChI=1S/C13H16BrNO/c1-10-4-2-3-7-15(10)13-8-12(14)6-5-11(13)9-16/h5-6,8-10H,2-4,7H2,1H3. The van der Waals surface area contributed by atoms with Crippen molar-refractivity contribution in [1.29, 1.82) is 0 Å². The van der Waals surface area contributed by atoms with Gasteiger partial charge < -0.3 is 4.90 Å². The average molecular weight is 282 g/mol. The molecule has 1 aromatic rings. The van der Waals surface area contributed by atoms with Gasteiger partial charge in [-0.25, -0.2) is 0 Å². The SMILES string of the molecule is CC1CCCCN1c1cc(Br)ccc1C=O. The van der Waals surface area contributed by atoms with Gasteiger partial charge in [-0.1, -0.05) is 15.9 Å². The van der Waals surface area contributed by atoms with Crippen LogP contribution in [-0.2, 0) is 0 Å². The number of carbonyl (C=O) groups is 1. The molecule has 0 aromatic heterocycles. The van der Waals surface area contributed by atoms with E-state index in [1.54, 1.807) is 0 Å². The molecule has 2 rings (SSSR count). The number of anilines is 1. The Morgan fingerprint density at radius 2 is 2.25 bits per heavy atom. The van der Waals surface area contributed by atoms with E-state index in [4.69, 9.17) is 0 Å². The van der Waals surface area contributed by atoms with E-state index in [9.17, 15) is 4.79 Å². The van der Waals surface area contributed by atoms with Gasteiger partial charge in [-0.3, -0.25) is 4.79 Å². The number of nitrogens with zero attached hydrogens (tertiary/aromatic N) is 1. The van der Waals surface area contributed by atoms with Crippen LogP contribution in [0.25, 0.3) is 0 Å². The highest BCUT2D eigenvalue weighted by Crippen LogP contribution is 2.29. The van der Waals surface area contributed by atoms with Crippen LogP contribution >= 0.6 is 15.9 Å². The molecule has 0 aliphatic carbocycles. The summed E-state index contributed by atoms with van der Waals surface area (Å²) in [6, 6.07) is 6.38. The third-order valence-corrected chi connectivity index (χ3v) is 3.73. The Labute approximate surface area is 105 Å². The number of piperidine rings is 1. The van der Waals surface area contributed by atoms with Crippen molar-refractivity contribution in [3.05, 3.63) is 28.2 Å². The van der Waals surface area contributed by atoms with E-state index >= 15 is 0 Å². The Kier molecular flexibility index (Phi) is 3.64. The molecule has 2 nitrogen and oxygen atoms in total. The lowest BCUT2D eigenvalue weighted by Crippen LogP contribution is -2.38. The molecule has 1 atom stereocenters. The minimum Gasteiger partial charge on any atom is -0.368 e. The van der Waals surface area contributed by atoms with E-state index in [0.717, 1.165) is 28.6 Å². The highest BCUT2D eigenvalue weighted by Gasteiger charge is 2.20. The monoisotopic (exact) mass is 281 g/mol. The minimum absolute atomic E-state index is 0.529. The molecule has 86 valence electrons. The summed E-state index contributed by atoms with van der Waals surface area (Å²) in [6.45, 7) is 3.28. The van der Waals surface area contributed by atoms with Gasteiger partial charge in [0.15, 0.2) is 6.29 Å². The normalized spacial score (nSPS) is 20.9. The zero-order valence-electron chi connectivity index (χ0n) is 9.45. The zero-order chi connectivity index (χ0) is 11.5. The number of carbonyl (C=O) groups excluding carboxylic acids is 1. The second kappa shape index (κ2) is 5.00. The van der Waals surface area contributed by atoms with Crippen molar-refractivity contribution in [1.82, 2.24) is 0 Å². The fourth-order valence-corrected chi connectivity index (χ4v) is 2.67. The topological polar surface area (TPSA) is 20.3 Å². The van der Waals surface area contributed by atoms with Crippen LogP contribution in [0.4, 0.5) is 5.69 Å². The fraction of sp³-hybridized carbons (Fsp3) is 0.462. The van der Waals surface area contributed by atoms with Crippen molar-refractivity contribution in [2.24, 2.45) is 0 Å². The first kappa shape index (κ1) is 11.6. The number of halogens is 1. The molecule has 1 heterocycles. The van der Waals surface area contributed by atoms with Gasteiger partial charge >= 0.3 is 0 Å². The van der Waals surface area contributed by atoms with Gasteiger partial charge in [-0.05, 0) is 44.4 Å². The highest BCUT2D eigenvalue weighted by molar-refractivity contribution is 9.10. The summed E-state index contributed by atoms with van der Waals surface area (Å²) in [6.07, 6.45) is 4.67. The molecule has 1 fully saturated rings. The lowest BCUT2D eigenvalue weighted by molar-refractivity contribution is 0.112. The van der Waals surface area contributed by atoms with E-state index in [1.807, 2.05) is 18.2 Å². The van der Waals surface area contributed by atoms with E-state index < -0.39 is 0 Å². The van der Waals surface area contributed by atoms with E-state index in [-0.39, 0.29) is 0 Å². The van der Waals surface area contributed by atoms with Gasteiger partial charge in [0.25, 0.3) is 0 Å². The molecule has 1 saturated heterocycles. The Balaban J connectivity index is 2.36. The van der Waals surface area contributed by atoms with Crippen LogP contribution in [0.1, 0.15) is 36.5 Å². The smallest absolute Gasteiger partial charge is 0.152 e. The molecule has 1 aromatic carbocycles. The van der Waals surface area contributed by atoms with Crippen molar-refractivity contribution in [3.63, 3.8) is 0 Å². The van der Waals surface area contributed by atoms with Crippen LogP contribution in [0.3, 0.4) is 0 Å². The summed E-state index contributed by atoms with van der Waals surface area (Å²) in [5.74, 6) is 0. The first-order chi connectivity index (χ1) is 7.72. The van der Waals surface area contributed by atoms with Crippen molar-refractivity contribution in [2.75, 3.05) is 11.4 Å². The first-order valence-corrected chi connectivity index (χ1v) is 6.53. The molecule has 0 spiro atoms. The summed E-state index contributed by atoms with van der Waals surface area (Å²) in [5, 5.41) is 0. The van der Waals surface area contributed by atoms with Crippen LogP contribution in [0.2, 0.25) is 0 Å². The molecule has 1 aliphatic rings. The van der Waals surface area contributed by atoms with Gasteiger partial charge in [0.2, 0.25) is 0 Å². The second-order valence-electron chi connectivity index (χ2n) is 4.36. The van der Waals surface area contributed by atoms with Crippen LogP contribution in [0.15, 0.2) is 22.7 Å². The second-order valence-corrected chi connectivity index (χ2v) is 5.27. The molecule has 1 unspecified atom stereocenters. The Bertz CT molecular complexity index is 392. The Morgan fingerprint density at radius 1 is 1.44 bits per heavy atom. The number of hydrogen-bond donors (Lipinski definition) is 0. The molecule has 3 heteroatoms. The lowest BCUT2D eigenvalue weighted by Gasteiger charge is -2.36. The molecule has 0 N–H and O–H groups in total. The molecule has 16 heavy (non-hydrogen) atoms. The van der Waals surface area contributed by atoms with Crippen LogP contribution in [-0.4, -0.2) is 18.9 Å².